The Bertz CT molecular complexity index is 795. The summed E-state index contributed by atoms with van der Waals surface area (Å²) < 4.78 is 29.6. The molecule has 1 amide bonds. The Morgan fingerprint density at radius 1 is 1.16 bits per heavy atom. The first-order valence-corrected chi connectivity index (χ1v) is 7.69. The molecule has 1 N–H and O–H groups in total. The third-order valence-corrected chi connectivity index (χ3v) is 3.57. The van der Waals surface area contributed by atoms with Crippen LogP contribution in [0.2, 0.25) is 0 Å². The predicted molar refractivity (Wildman–Crippen MR) is 86.9 cm³/mol. The molecule has 0 saturated heterocycles. The van der Waals surface area contributed by atoms with Gasteiger partial charge in [0, 0.05) is 0 Å². The number of rotatable bonds is 4. The summed E-state index contributed by atoms with van der Waals surface area (Å²) in [5, 5.41) is 2.37. The molecule has 1 aliphatic rings. The molecule has 0 saturated carbocycles. The van der Waals surface area contributed by atoms with E-state index in [0.29, 0.717) is 11.5 Å². The van der Waals surface area contributed by atoms with Crippen molar-refractivity contribution in [2.45, 2.75) is 19.1 Å². The van der Waals surface area contributed by atoms with Crippen LogP contribution in [-0.2, 0) is 14.3 Å². The molecule has 0 spiro atoms. The van der Waals surface area contributed by atoms with Gasteiger partial charge in [0.2, 0.25) is 6.10 Å². The number of fused-ring (bicyclic) bond motifs is 1. The van der Waals surface area contributed by atoms with Gasteiger partial charge in [-0.2, -0.15) is 0 Å². The van der Waals surface area contributed by atoms with E-state index in [4.69, 9.17) is 14.2 Å². The molecule has 1 aliphatic heterocycles. The summed E-state index contributed by atoms with van der Waals surface area (Å²) >= 11 is 0. The van der Waals surface area contributed by atoms with E-state index >= 15 is 0 Å². The van der Waals surface area contributed by atoms with Crippen molar-refractivity contribution in [1.29, 1.82) is 0 Å². The van der Waals surface area contributed by atoms with Crippen LogP contribution in [0.25, 0.3) is 0 Å². The van der Waals surface area contributed by atoms with E-state index in [-0.39, 0.29) is 12.3 Å². The van der Waals surface area contributed by atoms with Crippen molar-refractivity contribution in [1.82, 2.24) is 0 Å². The fourth-order valence-corrected chi connectivity index (χ4v) is 2.24. The van der Waals surface area contributed by atoms with Crippen LogP contribution in [0.15, 0.2) is 48.5 Å². The molecule has 6 nitrogen and oxygen atoms in total. The highest BCUT2D eigenvalue weighted by Gasteiger charge is 2.31. The summed E-state index contributed by atoms with van der Waals surface area (Å²) in [5.74, 6) is -0.979. The van der Waals surface area contributed by atoms with Gasteiger partial charge in [-0.05, 0) is 31.2 Å². The van der Waals surface area contributed by atoms with Gasteiger partial charge in [0.15, 0.2) is 17.6 Å². The average Bonchev–Trinajstić information content (AvgIpc) is 2.63. The van der Waals surface area contributed by atoms with Crippen molar-refractivity contribution < 1.29 is 28.2 Å². The van der Waals surface area contributed by atoms with Crippen LogP contribution in [0, 0.1) is 5.82 Å². The van der Waals surface area contributed by atoms with Gasteiger partial charge in [-0.3, -0.25) is 4.79 Å². The molecule has 0 aromatic heterocycles. The number of carbonyl (C=O) groups is 2. The first kappa shape index (κ1) is 16.8. The molecule has 25 heavy (non-hydrogen) atoms. The second kappa shape index (κ2) is 7.21. The number of ether oxygens (including phenoxy) is 3. The number of halogens is 1. The highest BCUT2D eigenvalue weighted by atomic mass is 19.1. The molecule has 0 unspecified atom stereocenters. The lowest BCUT2D eigenvalue weighted by Gasteiger charge is -2.25. The van der Waals surface area contributed by atoms with E-state index in [0.717, 1.165) is 0 Å². The molecular weight excluding hydrogens is 329 g/mol. The van der Waals surface area contributed by atoms with Gasteiger partial charge >= 0.3 is 5.97 Å². The molecule has 0 fully saturated rings. The van der Waals surface area contributed by atoms with Crippen molar-refractivity contribution in [3.8, 4) is 11.5 Å². The Morgan fingerprint density at radius 3 is 2.60 bits per heavy atom. The van der Waals surface area contributed by atoms with E-state index < -0.39 is 29.9 Å². The van der Waals surface area contributed by atoms with Crippen molar-refractivity contribution in [3.05, 3.63) is 54.3 Å². The number of nitrogens with one attached hydrogen (secondary N) is 1. The number of hydrogen-bond acceptors (Lipinski definition) is 5. The first-order chi connectivity index (χ1) is 12.0. The monoisotopic (exact) mass is 345 g/mol. The summed E-state index contributed by atoms with van der Waals surface area (Å²) in [5.41, 5.74) is 0.0153. The lowest BCUT2D eigenvalue weighted by Crippen LogP contribution is -2.41. The number of para-hydroxylation sites is 3. The first-order valence-electron chi connectivity index (χ1n) is 7.69. The van der Waals surface area contributed by atoms with E-state index in [9.17, 15) is 14.0 Å². The van der Waals surface area contributed by atoms with E-state index in [1.165, 1.54) is 25.1 Å². The predicted octanol–water partition coefficient (Wildman–Crippen LogP) is 2.54. The van der Waals surface area contributed by atoms with Gasteiger partial charge in [0.05, 0.1) is 5.69 Å². The molecule has 3 rings (SSSR count). The van der Waals surface area contributed by atoms with Crippen molar-refractivity contribution in [2.75, 3.05) is 11.9 Å². The summed E-state index contributed by atoms with van der Waals surface area (Å²) in [6.45, 7) is 1.38. The smallest absolute Gasteiger partial charge is 0.351 e. The lowest BCUT2D eigenvalue weighted by atomic mass is 10.2. The van der Waals surface area contributed by atoms with Gasteiger partial charge in [0.25, 0.3) is 5.91 Å². The standard InChI is InChI=1S/C18H16FNO5/c1-11(17(21)20-13-7-3-2-6-12(13)19)24-18(22)16-10-23-14-8-4-5-9-15(14)25-16/h2-9,11,16H,10H2,1H3,(H,20,21)/t11-,16+/m0/s1. The number of esters is 1. The van der Waals surface area contributed by atoms with E-state index in [2.05, 4.69) is 5.32 Å². The minimum absolute atomic E-state index is 0.0153. The van der Waals surface area contributed by atoms with Crippen LogP contribution in [0.4, 0.5) is 10.1 Å². The van der Waals surface area contributed by atoms with Crippen molar-refractivity contribution in [2.24, 2.45) is 0 Å². The molecular formula is C18H16FNO5. The lowest BCUT2D eigenvalue weighted by molar-refractivity contribution is -0.162. The maximum absolute atomic E-state index is 13.5. The second-order valence-electron chi connectivity index (χ2n) is 5.41. The Kier molecular flexibility index (Phi) is 4.83. The SMILES string of the molecule is C[C@H](OC(=O)[C@H]1COc2ccccc2O1)C(=O)Nc1ccccc1F. The fraction of sp³-hybridized carbons (Fsp3) is 0.222. The summed E-state index contributed by atoms with van der Waals surface area (Å²) in [6.07, 6.45) is -2.09. The van der Waals surface area contributed by atoms with Gasteiger partial charge in [-0.1, -0.05) is 24.3 Å². The van der Waals surface area contributed by atoms with Gasteiger partial charge in [-0.25, -0.2) is 9.18 Å². The number of benzene rings is 2. The quantitative estimate of drug-likeness (QED) is 0.862. The van der Waals surface area contributed by atoms with Crippen molar-refractivity contribution >= 4 is 17.6 Å². The summed E-state index contributed by atoms with van der Waals surface area (Å²) in [4.78, 5) is 24.2. The average molecular weight is 345 g/mol. The third-order valence-electron chi connectivity index (χ3n) is 3.57. The van der Waals surface area contributed by atoms with E-state index in [1.807, 2.05) is 0 Å². The fourth-order valence-electron chi connectivity index (χ4n) is 2.24. The Morgan fingerprint density at radius 2 is 1.84 bits per heavy atom. The highest BCUT2D eigenvalue weighted by molar-refractivity contribution is 5.95. The number of amides is 1. The zero-order valence-electron chi connectivity index (χ0n) is 13.4. The minimum atomic E-state index is -1.12. The molecule has 0 aliphatic carbocycles. The molecule has 7 heteroatoms. The molecule has 130 valence electrons. The second-order valence-corrected chi connectivity index (χ2v) is 5.41. The number of carbonyl (C=O) groups excluding carboxylic acids is 2. The van der Waals surface area contributed by atoms with Crippen LogP contribution < -0.4 is 14.8 Å². The number of hydrogen-bond donors (Lipinski definition) is 1. The van der Waals surface area contributed by atoms with Crippen LogP contribution in [-0.4, -0.2) is 30.7 Å². The number of anilines is 1. The topological polar surface area (TPSA) is 73.9 Å². The van der Waals surface area contributed by atoms with Crippen LogP contribution in [0.3, 0.4) is 0 Å². The largest absolute Gasteiger partial charge is 0.485 e. The Labute approximate surface area is 143 Å². The van der Waals surface area contributed by atoms with Crippen LogP contribution in [0.1, 0.15) is 6.92 Å². The van der Waals surface area contributed by atoms with Gasteiger partial charge in [0.1, 0.15) is 12.4 Å². The Hall–Kier alpha value is -3.09. The Balaban J connectivity index is 1.57. The third kappa shape index (κ3) is 3.88. The zero-order valence-corrected chi connectivity index (χ0v) is 13.4. The molecule has 2 atom stereocenters. The maximum Gasteiger partial charge on any atom is 0.351 e. The molecule has 1 heterocycles. The molecule has 0 radical (unpaired) electrons. The normalized spacial score (nSPS) is 16.6. The van der Waals surface area contributed by atoms with Crippen LogP contribution >= 0.6 is 0 Å². The van der Waals surface area contributed by atoms with Gasteiger partial charge < -0.3 is 19.5 Å². The minimum Gasteiger partial charge on any atom is -0.485 e. The highest BCUT2D eigenvalue weighted by Crippen LogP contribution is 2.31. The van der Waals surface area contributed by atoms with E-state index in [1.54, 1.807) is 30.3 Å². The zero-order chi connectivity index (χ0) is 17.8. The summed E-state index contributed by atoms with van der Waals surface area (Å²) in [6, 6.07) is 12.7. The van der Waals surface area contributed by atoms with Crippen LogP contribution in [0.5, 0.6) is 11.5 Å². The molecule has 0 bridgehead atoms. The summed E-state index contributed by atoms with van der Waals surface area (Å²) in [7, 11) is 0. The van der Waals surface area contributed by atoms with Gasteiger partial charge in [-0.15, -0.1) is 0 Å². The molecule has 2 aromatic rings. The van der Waals surface area contributed by atoms with Crippen molar-refractivity contribution in [3.63, 3.8) is 0 Å². The maximum atomic E-state index is 13.5. The molecule has 2 aromatic carbocycles.